The molecule has 0 spiro atoms. The van der Waals surface area contributed by atoms with Crippen LogP contribution in [-0.4, -0.2) is 62.2 Å². The number of hydrogen-bond donors (Lipinski definition) is 1. The van der Waals surface area contributed by atoms with Crippen molar-refractivity contribution in [2.75, 3.05) is 46.3 Å². The van der Waals surface area contributed by atoms with Gasteiger partial charge in [-0.15, -0.1) is 0 Å². The summed E-state index contributed by atoms with van der Waals surface area (Å²) in [4.78, 5) is 5.12. The average molecular weight is 197 g/mol. The second-order valence-corrected chi connectivity index (χ2v) is 4.68. The molecule has 14 heavy (non-hydrogen) atoms. The fourth-order valence-corrected chi connectivity index (χ4v) is 2.50. The predicted octanol–water partition coefficient (Wildman–Crippen LogP) is 0.376. The molecule has 2 aliphatic heterocycles. The Morgan fingerprint density at radius 2 is 2.14 bits per heavy atom. The van der Waals surface area contributed by atoms with Crippen LogP contribution in [0.2, 0.25) is 0 Å². The lowest BCUT2D eigenvalue weighted by atomic mass is 10.2. The van der Waals surface area contributed by atoms with E-state index in [0.29, 0.717) is 0 Å². The van der Waals surface area contributed by atoms with Gasteiger partial charge in [-0.1, -0.05) is 0 Å². The van der Waals surface area contributed by atoms with E-state index in [1.807, 2.05) is 0 Å². The normalized spacial score (nSPS) is 29.1. The van der Waals surface area contributed by atoms with E-state index in [1.165, 1.54) is 58.5 Å². The second kappa shape index (κ2) is 5.10. The first-order valence-electron chi connectivity index (χ1n) is 5.99. The molecule has 0 aromatic carbocycles. The van der Waals surface area contributed by atoms with Gasteiger partial charge in [0.15, 0.2) is 0 Å². The van der Waals surface area contributed by atoms with Gasteiger partial charge in [-0.05, 0) is 45.9 Å². The highest BCUT2D eigenvalue weighted by Gasteiger charge is 2.19. The molecular formula is C11H23N3. The van der Waals surface area contributed by atoms with Crippen LogP contribution in [0.3, 0.4) is 0 Å². The van der Waals surface area contributed by atoms with Gasteiger partial charge >= 0.3 is 0 Å². The number of nitrogens with one attached hydrogen (secondary N) is 1. The predicted molar refractivity (Wildman–Crippen MR) is 59.6 cm³/mol. The van der Waals surface area contributed by atoms with E-state index in [0.717, 1.165) is 6.04 Å². The largest absolute Gasteiger partial charge is 0.315 e. The van der Waals surface area contributed by atoms with Crippen molar-refractivity contribution in [2.24, 2.45) is 0 Å². The third-order valence-corrected chi connectivity index (χ3v) is 3.63. The molecule has 2 saturated heterocycles. The molecule has 0 aromatic heterocycles. The van der Waals surface area contributed by atoms with Crippen molar-refractivity contribution in [1.82, 2.24) is 15.1 Å². The van der Waals surface area contributed by atoms with Crippen molar-refractivity contribution in [3.05, 3.63) is 0 Å². The Morgan fingerprint density at radius 3 is 2.79 bits per heavy atom. The molecule has 0 amide bonds. The topological polar surface area (TPSA) is 18.5 Å². The van der Waals surface area contributed by atoms with E-state index in [-0.39, 0.29) is 0 Å². The highest BCUT2D eigenvalue weighted by molar-refractivity contribution is 4.79. The second-order valence-electron chi connectivity index (χ2n) is 4.68. The van der Waals surface area contributed by atoms with Crippen LogP contribution in [0.15, 0.2) is 0 Å². The fraction of sp³-hybridized carbons (Fsp3) is 1.00. The van der Waals surface area contributed by atoms with Gasteiger partial charge in [0.05, 0.1) is 0 Å². The molecule has 1 atom stereocenters. The summed E-state index contributed by atoms with van der Waals surface area (Å²) in [6, 6.07) is 0.789. The van der Waals surface area contributed by atoms with Gasteiger partial charge in [0, 0.05) is 25.7 Å². The van der Waals surface area contributed by atoms with Gasteiger partial charge in [-0.3, -0.25) is 0 Å². The van der Waals surface area contributed by atoms with Crippen LogP contribution in [-0.2, 0) is 0 Å². The quantitative estimate of drug-likeness (QED) is 0.703. The van der Waals surface area contributed by atoms with Gasteiger partial charge in [-0.25, -0.2) is 0 Å². The Kier molecular flexibility index (Phi) is 3.79. The van der Waals surface area contributed by atoms with E-state index >= 15 is 0 Å². The van der Waals surface area contributed by atoms with Crippen molar-refractivity contribution in [3.8, 4) is 0 Å². The molecule has 1 N–H and O–H groups in total. The summed E-state index contributed by atoms with van der Waals surface area (Å²) >= 11 is 0. The molecule has 2 rings (SSSR count). The fourth-order valence-electron chi connectivity index (χ4n) is 2.50. The minimum absolute atomic E-state index is 0.789. The molecule has 0 saturated carbocycles. The van der Waals surface area contributed by atoms with E-state index in [4.69, 9.17) is 0 Å². The maximum Gasteiger partial charge on any atom is 0.0230 e. The number of nitrogens with zero attached hydrogens (tertiary/aromatic N) is 2. The Bertz CT molecular complexity index is 160. The van der Waals surface area contributed by atoms with Crippen molar-refractivity contribution < 1.29 is 0 Å². The first-order valence-corrected chi connectivity index (χ1v) is 5.99. The first-order chi connectivity index (χ1) is 6.86. The number of rotatable bonds is 4. The highest BCUT2D eigenvalue weighted by atomic mass is 15.2. The van der Waals surface area contributed by atoms with Crippen molar-refractivity contribution in [3.63, 3.8) is 0 Å². The van der Waals surface area contributed by atoms with Crippen LogP contribution in [0.5, 0.6) is 0 Å². The molecule has 3 nitrogen and oxygen atoms in total. The van der Waals surface area contributed by atoms with Crippen LogP contribution in [0.1, 0.15) is 19.3 Å². The van der Waals surface area contributed by atoms with Crippen LogP contribution in [0, 0.1) is 0 Å². The van der Waals surface area contributed by atoms with Crippen LogP contribution in [0.4, 0.5) is 0 Å². The smallest absolute Gasteiger partial charge is 0.0230 e. The molecular weight excluding hydrogens is 174 g/mol. The van der Waals surface area contributed by atoms with E-state index in [1.54, 1.807) is 0 Å². The molecule has 82 valence electrons. The average Bonchev–Trinajstić information content (AvgIpc) is 2.87. The third kappa shape index (κ3) is 2.69. The van der Waals surface area contributed by atoms with E-state index < -0.39 is 0 Å². The number of likely N-dealkylation sites (tertiary alicyclic amines) is 1. The van der Waals surface area contributed by atoms with Gasteiger partial charge < -0.3 is 15.1 Å². The van der Waals surface area contributed by atoms with Gasteiger partial charge in [-0.2, -0.15) is 0 Å². The molecule has 0 bridgehead atoms. The lowest BCUT2D eigenvalue weighted by molar-refractivity contribution is 0.214. The lowest BCUT2D eigenvalue weighted by Crippen LogP contribution is -2.38. The molecule has 2 aliphatic rings. The van der Waals surface area contributed by atoms with Gasteiger partial charge in [0.1, 0.15) is 0 Å². The first kappa shape index (κ1) is 10.4. The summed E-state index contributed by atoms with van der Waals surface area (Å²) in [6.45, 7) is 7.57. The molecule has 0 aliphatic carbocycles. The summed E-state index contributed by atoms with van der Waals surface area (Å²) < 4.78 is 0. The van der Waals surface area contributed by atoms with Crippen molar-refractivity contribution in [2.45, 2.75) is 25.3 Å². The van der Waals surface area contributed by atoms with Crippen LogP contribution < -0.4 is 5.32 Å². The zero-order chi connectivity index (χ0) is 9.80. The minimum atomic E-state index is 0.789. The highest BCUT2D eigenvalue weighted by Crippen LogP contribution is 2.09. The molecule has 2 heterocycles. The van der Waals surface area contributed by atoms with Gasteiger partial charge in [0.25, 0.3) is 0 Å². The molecule has 2 fully saturated rings. The molecule has 0 radical (unpaired) electrons. The summed E-state index contributed by atoms with van der Waals surface area (Å²) in [5.74, 6) is 0. The van der Waals surface area contributed by atoms with Crippen LogP contribution in [0.25, 0.3) is 0 Å². The lowest BCUT2D eigenvalue weighted by Gasteiger charge is -2.25. The van der Waals surface area contributed by atoms with Crippen molar-refractivity contribution >= 4 is 0 Å². The summed E-state index contributed by atoms with van der Waals surface area (Å²) in [5.41, 5.74) is 0. The van der Waals surface area contributed by atoms with Gasteiger partial charge in [0.2, 0.25) is 0 Å². The summed E-state index contributed by atoms with van der Waals surface area (Å²) in [5, 5.41) is 3.43. The Morgan fingerprint density at radius 1 is 1.36 bits per heavy atom. The Labute approximate surface area is 87.4 Å². The monoisotopic (exact) mass is 197 g/mol. The Hall–Kier alpha value is -0.120. The van der Waals surface area contributed by atoms with E-state index in [2.05, 4.69) is 22.2 Å². The SMILES string of the molecule is CN(CCN1CCCC1)C1CCNC1. The van der Waals surface area contributed by atoms with E-state index in [9.17, 15) is 0 Å². The maximum atomic E-state index is 3.43. The maximum absolute atomic E-state index is 3.43. The molecule has 0 aromatic rings. The molecule has 3 heteroatoms. The zero-order valence-corrected chi connectivity index (χ0v) is 9.34. The standard InChI is InChI=1S/C11H23N3/c1-13(11-4-5-12-10-11)8-9-14-6-2-3-7-14/h11-12H,2-10H2,1H3. The summed E-state index contributed by atoms with van der Waals surface area (Å²) in [7, 11) is 2.27. The van der Waals surface area contributed by atoms with Crippen LogP contribution >= 0.6 is 0 Å². The zero-order valence-electron chi connectivity index (χ0n) is 9.34. The third-order valence-electron chi connectivity index (χ3n) is 3.63. The Balaban J connectivity index is 1.63. The number of hydrogen-bond acceptors (Lipinski definition) is 3. The molecule has 1 unspecified atom stereocenters. The minimum Gasteiger partial charge on any atom is -0.315 e. The summed E-state index contributed by atoms with van der Waals surface area (Å²) in [6.07, 6.45) is 4.15. The van der Waals surface area contributed by atoms with Crippen molar-refractivity contribution in [1.29, 1.82) is 0 Å². The number of likely N-dealkylation sites (N-methyl/N-ethyl adjacent to an activating group) is 1.